The molecule has 0 spiro atoms. The summed E-state index contributed by atoms with van der Waals surface area (Å²) in [4.78, 5) is 10.9. The van der Waals surface area contributed by atoms with Crippen LogP contribution in [0.2, 0.25) is 10.0 Å². The Morgan fingerprint density at radius 1 is 0.880 bits per heavy atom. The van der Waals surface area contributed by atoms with Gasteiger partial charge in [-0.3, -0.25) is 4.79 Å². The Labute approximate surface area is 156 Å². The molecule has 0 atom stereocenters. The first-order chi connectivity index (χ1) is 11.9. The highest BCUT2D eigenvalue weighted by molar-refractivity contribution is 6.30. The number of hydrogen-bond acceptors (Lipinski definition) is 2. The van der Waals surface area contributed by atoms with Gasteiger partial charge in [0.05, 0.1) is 16.9 Å². The molecule has 128 valence electrons. The van der Waals surface area contributed by atoms with Gasteiger partial charge in [0.25, 0.3) is 0 Å². The molecule has 5 heteroatoms. The van der Waals surface area contributed by atoms with Gasteiger partial charge < -0.3 is 5.11 Å². The van der Waals surface area contributed by atoms with Crippen molar-refractivity contribution in [1.82, 2.24) is 0 Å². The van der Waals surface area contributed by atoms with Crippen LogP contribution in [0.1, 0.15) is 36.8 Å². The van der Waals surface area contributed by atoms with Crippen LogP contribution < -0.4 is 0 Å². The Morgan fingerprint density at radius 2 is 1.32 bits per heavy atom. The van der Waals surface area contributed by atoms with Gasteiger partial charge in [0, 0.05) is 10.0 Å². The monoisotopic (exact) mass is 373 g/mol. The second-order valence-corrected chi connectivity index (χ2v) is 7.47. The highest BCUT2D eigenvalue weighted by Crippen LogP contribution is 2.48. The number of carbonyl (C=O) groups is 1. The SMILES string of the molecule is N#CC1(c2ccc(Cl)cc2)CC1.O=C(O)C1(c2ccc(Cl)cc2)CC1. The molecule has 0 saturated heterocycles. The highest BCUT2D eigenvalue weighted by Gasteiger charge is 2.51. The molecule has 0 radical (unpaired) electrons. The number of benzene rings is 2. The van der Waals surface area contributed by atoms with E-state index in [9.17, 15) is 4.79 Å². The van der Waals surface area contributed by atoms with Crippen LogP contribution in [0.25, 0.3) is 0 Å². The molecule has 25 heavy (non-hydrogen) atoms. The first kappa shape index (κ1) is 17.8. The van der Waals surface area contributed by atoms with Crippen LogP contribution in [0.4, 0.5) is 0 Å². The molecule has 3 nitrogen and oxygen atoms in total. The highest BCUT2D eigenvalue weighted by atomic mass is 35.5. The molecule has 4 rings (SSSR count). The summed E-state index contributed by atoms with van der Waals surface area (Å²) >= 11 is 11.5. The normalized spacial score (nSPS) is 18.3. The van der Waals surface area contributed by atoms with E-state index in [4.69, 9.17) is 33.6 Å². The molecule has 2 aromatic carbocycles. The van der Waals surface area contributed by atoms with E-state index < -0.39 is 11.4 Å². The number of carboxylic acid groups (broad SMARTS) is 1. The third kappa shape index (κ3) is 3.66. The maximum absolute atomic E-state index is 10.9. The van der Waals surface area contributed by atoms with Crippen molar-refractivity contribution in [3.05, 3.63) is 69.7 Å². The van der Waals surface area contributed by atoms with Gasteiger partial charge in [-0.05, 0) is 61.1 Å². The number of halogens is 2. The summed E-state index contributed by atoms with van der Waals surface area (Å²) in [5.41, 5.74) is 1.19. The smallest absolute Gasteiger partial charge is 0.314 e. The van der Waals surface area contributed by atoms with Crippen molar-refractivity contribution in [2.45, 2.75) is 36.5 Å². The summed E-state index contributed by atoms with van der Waals surface area (Å²) in [7, 11) is 0. The van der Waals surface area contributed by atoms with Gasteiger partial charge in [-0.1, -0.05) is 47.5 Å². The lowest BCUT2D eigenvalue weighted by atomic mass is 9.96. The van der Waals surface area contributed by atoms with Crippen molar-refractivity contribution in [2.75, 3.05) is 0 Å². The lowest BCUT2D eigenvalue weighted by Crippen LogP contribution is -2.19. The minimum atomic E-state index is -0.727. The van der Waals surface area contributed by atoms with Crippen molar-refractivity contribution in [1.29, 1.82) is 5.26 Å². The molecule has 2 aromatic rings. The van der Waals surface area contributed by atoms with Gasteiger partial charge in [-0.25, -0.2) is 0 Å². The van der Waals surface area contributed by atoms with Crippen LogP contribution in [-0.4, -0.2) is 11.1 Å². The number of nitriles is 1. The zero-order chi connectivity index (χ0) is 18.1. The number of aliphatic carboxylic acids is 1. The van der Waals surface area contributed by atoms with E-state index in [1.54, 1.807) is 24.3 Å². The van der Waals surface area contributed by atoms with Gasteiger partial charge in [0.2, 0.25) is 0 Å². The molecule has 1 N–H and O–H groups in total. The van der Waals surface area contributed by atoms with Crippen LogP contribution in [0.15, 0.2) is 48.5 Å². The molecule has 2 saturated carbocycles. The maximum atomic E-state index is 10.9. The minimum Gasteiger partial charge on any atom is -0.481 e. The molecular weight excluding hydrogens is 357 g/mol. The van der Waals surface area contributed by atoms with E-state index in [-0.39, 0.29) is 5.41 Å². The molecule has 0 aromatic heterocycles. The van der Waals surface area contributed by atoms with Crippen molar-refractivity contribution < 1.29 is 9.90 Å². The van der Waals surface area contributed by atoms with Crippen molar-refractivity contribution in [2.24, 2.45) is 0 Å². The number of rotatable bonds is 3. The lowest BCUT2D eigenvalue weighted by molar-refractivity contribution is -0.140. The summed E-state index contributed by atoms with van der Waals surface area (Å²) in [5, 5.41) is 19.3. The topological polar surface area (TPSA) is 61.1 Å². The van der Waals surface area contributed by atoms with Gasteiger partial charge in [0.1, 0.15) is 0 Å². The fraction of sp³-hybridized carbons (Fsp3) is 0.300. The Bertz CT molecular complexity index is 814. The maximum Gasteiger partial charge on any atom is 0.314 e. The molecule has 2 aliphatic rings. The Hall–Kier alpha value is -2.02. The Morgan fingerprint density at radius 3 is 1.64 bits per heavy atom. The van der Waals surface area contributed by atoms with Crippen LogP contribution in [0.3, 0.4) is 0 Å². The molecule has 0 amide bonds. The van der Waals surface area contributed by atoms with E-state index in [0.29, 0.717) is 5.02 Å². The van der Waals surface area contributed by atoms with E-state index in [2.05, 4.69) is 6.07 Å². The van der Waals surface area contributed by atoms with Crippen LogP contribution >= 0.6 is 23.2 Å². The summed E-state index contributed by atoms with van der Waals surface area (Å²) in [6, 6.07) is 17.0. The van der Waals surface area contributed by atoms with Gasteiger partial charge in [-0.2, -0.15) is 5.26 Å². The molecule has 2 aliphatic carbocycles. The molecule has 0 aliphatic heterocycles. The quantitative estimate of drug-likeness (QED) is 0.788. The van der Waals surface area contributed by atoms with Crippen molar-refractivity contribution >= 4 is 29.2 Å². The van der Waals surface area contributed by atoms with Crippen molar-refractivity contribution in [3.8, 4) is 6.07 Å². The van der Waals surface area contributed by atoms with Crippen LogP contribution in [0.5, 0.6) is 0 Å². The van der Waals surface area contributed by atoms with Gasteiger partial charge in [0.15, 0.2) is 0 Å². The average molecular weight is 374 g/mol. The first-order valence-electron chi connectivity index (χ1n) is 8.09. The second-order valence-electron chi connectivity index (χ2n) is 6.59. The first-order valence-corrected chi connectivity index (χ1v) is 8.84. The molecule has 0 bridgehead atoms. The zero-order valence-corrected chi connectivity index (χ0v) is 15.0. The zero-order valence-electron chi connectivity index (χ0n) is 13.5. The van der Waals surface area contributed by atoms with E-state index >= 15 is 0 Å². The van der Waals surface area contributed by atoms with Gasteiger partial charge in [-0.15, -0.1) is 0 Å². The average Bonchev–Trinajstić information content (AvgIpc) is 3.51. The Kier molecular flexibility index (Phi) is 4.77. The van der Waals surface area contributed by atoms with E-state index in [0.717, 1.165) is 41.8 Å². The molecule has 0 unspecified atom stereocenters. The minimum absolute atomic E-state index is 0.176. The third-order valence-electron chi connectivity index (χ3n) is 4.92. The summed E-state index contributed by atoms with van der Waals surface area (Å²) in [5.74, 6) is -0.727. The van der Waals surface area contributed by atoms with Crippen molar-refractivity contribution in [3.63, 3.8) is 0 Å². The fourth-order valence-corrected chi connectivity index (χ4v) is 3.13. The number of carboxylic acids is 1. The molecule has 2 fully saturated rings. The molecular formula is C20H17Cl2NO2. The fourth-order valence-electron chi connectivity index (χ4n) is 2.88. The largest absolute Gasteiger partial charge is 0.481 e. The third-order valence-corrected chi connectivity index (χ3v) is 5.42. The van der Waals surface area contributed by atoms with E-state index in [1.807, 2.05) is 24.3 Å². The number of hydrogen-bond donors (Lipinski definition) is 1. The van der Waals surface area contributed by atoms with Gasteiger partial charge >= 0.3 is 5.97 Å². The lowest BCUT2D eigenvalue weighted by Gasteiger charge is -2.09. The predicted octanol–water partition coefficient (Wildman–Crippen LogP) is 5.35. The standard InChI is InChI=1S/C10H8ClN.C10H9ClO2/c11-9-3-1-8(2-4-9)10(7-12)5-6-10;11-8-3-1-7(2-4-8)10(5-6-10)9(12)13/h1-4H,5-6H2;1-4H,5-6H2,(H,12,13). The van der Waals surface area contributed by atoms with Crippen LogP contribution in [0, 0.1) is 11.3 Å². The summed E-state index contributed by atoms with van der Waals surface area (Å²) in [6.07, 6.45) is 3.46. The second kappa shape index (κ2) is 6.71. The van der Waals surface area contributed by atoms with E-state index in [1.165, 1.54) is 0 Å². The predicted molar refractivity (Wildman–Crippen MR) is 98.0 cm³/mol. The Balaban J connectivity index is 0.000000146. The number of nitrogens with zero attached hydrogens (tertiary/aromatic N) is 1. The summed E-state index contributed by atoms with van der Waals surface area (Å²) in [6.45, 7) is 0. The molecule has 0 heterocycles. The summed E-state index contributed by atoms with van der Waals surface area (Å²) < 4.78 is 0. The van der Waals surface area contributed by atoms with Crippen LogP contribution in [-0.2, 0) is 15.6 Å².